The third-order valence-corrected chi connectivity index (χ3v) is 6.96. The second-order valence-electron chi connectivity index (χ2n) is 4.83. The van der Waals surface area contributed by atoms with E-state index in [1.807, 2.05) is 6.07 Å². The van der Waals surface area contributed by atoms with Gasteiger partial charge >= 0.3 is 0 Å². The molecule has 1 aromatic rings. The van der Waals surface area contributed by atoms with Crippen molar-refractivity contribution >= 4 is 31.5 Å². The van der Waals surface area contributed by atoms with Gasteiger partial charge in [0.1, 0.15) is 4.90 Å². The Kier molecular flexibility index (Phi) is 4.58. The zero-order chi connectivity index (χ0) is 15.7. The first-order chi connectivity index (χ1) is 9.73. The molecule has 1 heterocycles. The van der Waals surface area contributed by atoms with Crippen LogP contribution in [0.4, 0.5) is 0 Å². The average Bonchev–Trinajstić information content (AvgIpc) is 2.36. The van der Waals surface area contributed by atoms with Crippen LogP contribution in [0.15, 0.2) is 23.1 Å². The topological polar surface area (TPSA) is 104 Å². The Labute approximate surface area is 128 Å². The Bertz CT molecular complexity index is 797. The van der Waals surface area contributed by atoms with Gasteiger partial charge in [0.05, 0.1) is 28.2 Å². The number of halogens is 1. The van der Waals surface area contributed by atoms with Gasteiger partial charge in [0.25, 0.3) is 0 Å². The summed E-state index contributed by atoms with van der Waals surface area (Å²) >= 11 is 5.88. The van der Waals surface area contributed by atoms with Crippen molar-refractivity contribution in [3.63, 3.8) is 0 Å². The molecule has 9 heteroatoms. The number of hydrogen-bond acceptors (Lipinski definition) is 5. The van der Waals surface area contributed by atoms with Crippen molar-refractivity contribution in [2.24, 2.45) is 0 Å². The minimum absolute atomic E-state index is 0.0692. The van der Waals surface area contributed by atoms with Crippen molar-refractivity contribution in [2.75, 3.05) is 11.5 Å². The molecule has 114 valence electrons. The molecular formula is C12H13ClN2O4S2. The first-order valence-corrected chi connectivity index (χ1v) is 9.84. The number of benzene rings is 1. The maximum atomic E-state index is 12.3. The predicted octanol–water partition coefficient (Wildman–Crippen LogP) is 1.07. The smallest absolute Gasteiger partial charge is 0.229 e. The van der Waals surface area contributed by atoms with E-state index < -0.39 is 25.9 Å². The first kappa shape index (κ1) is 16.2. The predicted molar refractivity (Wildman–Crippen MR) is 78.2 cm³/mol. The van der Waals surface area contributed by atoms with Crippen LogP contribution in [-0.4, -0.2) is 34.4 Å². The molecular weight excluding hydrogens is 336 g/mol. The fourth-order valence-corrected chi connectivity index (χ4v) is 5.74. The number of hydrogen-bond donors (Lipinski definition) is 1. The molecule has 0 aliphatic carbocycles. The van der Waals surface area contributed by atoms with E-state index in [1.165, 1.54) is 18.2 Å². The second kappa shape index (κ2) is 5.93. The Morgan fingerprint density at radius 2 is 2.10 bits per heavy atom. The normalized spacial score (nSPS) is 21.6. The molecule has 0 bridgehead atoms. The Morgan fingerprint density at radius 1 is 1.38 bits per heavy atom. The van der Waals surface area contributed by atoms with Crippen LogP contribution in [0.1, 0.15) is 18.4 Å². The summed E-state index contributed by atoms with van der Waals surface area (Å²) in [6.45, 7) is 0. The molecule has 0 spiro atoms. The summed E-state index contributed by atoms with van der Waals surface area (Å²) in [6, 6.07) is 5.05. The number of nitrogens with one attached hydrogen (secondary N) is 1. The largest absolute Gasteiger partial charge is 0.242 e. The van der Waals surface area contributed by atoms with Crippen LogP contribution in [0.2, 0.25) is 5.02 Å². The molecule has 0 radical (unpaired) electrons. The highest BCUT2D eigenvalue weighted by Crippen LogP contribution is 2.23. The lowest BCUT2D eigenvalue weighted by molar-refractivity contribution is 0.517. The molecule has 1 atom stereocenters. The third-order valence-electron chi connectivity index (χ3n) is 3.14. The summed E-state index contributed by atoms with van der Waals surface area (Å²) in [7, 11) is -7.13. The van der Waals surface area contributed by atoms with Crippen LogP contribution >= 0.6 is 11.6 Å². The Hall–Kier alpha value is -1.14. The van der Waals surface area contributed by atoms with Crippen molar-refractivity contribution in [2.45, 2.75) is 23.8 Å². The molecule has 0 amide bonds. The van der Waals surface area contributed by atoms with Crippen LogP contribution in [-0.2, 0) is 19.9 Å². The highest BCUT2D eigenvalue weighted by molar-refractivity contribution is 7.91. The van der Waals surface area contributed by atoms with E-state index in [9.17, 15) is 16.8 Å². The van der Waals surface area contributed by atoms with Crippen molar-refractivity contribution in [1.82, 2.24) is 4.72 Å². The standard InChI is InChI=1S/C12H13ClN2O4S2/c13-11-6-9(7-14)3-4-12(11)21(18,19)15-10-2-1-5-20(16,17)8-10/h3-4,6,10,15H,1-2,5,8H2. The average molecular weight is 349 g/mol. The van der Waals surface area contributed by atoms with Crippen molar-refractivity contribution < 1.29 is 16.8 Å². The van der Waals surface area contributed by atoms with Gasteiger partial charge in [-0.15, -0.1) is 0 Å². The van der Waals surface area contributed by atoms with Crippen molar-refractivity contribution in [3.8, 4) is 6.07 Å². The maximum absolute atomic E-state index is 12.3. The number of nitriles is 1. The summed E-state index contributed by atoms with van der Waals surface area (Å²) in [5, 5.41) is 8.66. The molecule has 6 nitrogen and oxygen atoms in total. The van der Waals surface area contributed by atoms with E-state index in [1.54, 1.807) is 0 Å². The number of nitrogens with zero attached hydrogens (tertiary/aromatic N) is 1. The summed E-state index contributed by atoms with van der Waals surface area (Å²) < 4.78 is 50.0. The second-order valence-corrected chi connectivity index (χ2v) is 9.15. The van der Waals surface area contributed by atoms with E-state index in [2.05, 4.69) is 4.72 Å². The molecule has 1 aliphatic heterocycles. The molecule has 2 rings (SSSR count). The van der Waals surface area contributed by atoms with Crippen LogP contribution in [0.25, 0.3) is 0 Å². The number of sulfonamides is 1. The Balaban J connectivity index is 2.25. The van der Waals surface area contributed by atoms with Gasteiger partial charge in [-0.2, -0.15) is 5.26 Å². The minimum atomic E-state index is -3.92. The lowest BCUT2D eigenvalue weighted by Gasteiger charge is -2.23. The van der Waals surface area contributed by atoms with E-state index in [4.69, 9.17) is 16.9 Å². The number of rotatable bonds is 3. The molecule has 0 aromatic heterocycles. The van der Waals surface area contributed by atoms with Crippen molar-refractivity contribution in [3.05, 3.63) is 28.8 Å². The van der Waals surface area contributed by atoms with Crippen LogP contribution in [0.5, 0.6) is 0 Å². The summed E-state index contributed by atoms with van der Waals surface area (Å²) in [5.74, 6) is -0.122. The van der Waals surface area contributed by atoms with Gasteiger partial charge in [-0.1, -0.05) is 11.6 Å². The molecule has 1 unspecified atom stereocenters. The highest BCUT2D eigenvalue weighted by atomic mass is 35.5. The van der Waals surface area contributed by atoms with Crippen molar-refractivity contribution in [1.29, 1.82) is 5.26 Å². The zero-order valence-electron chi connectivity index (χ0n) is 10.9. The molecule has 0 saturated carbocycles. The fraction of sp³-hybridized carbons (Fsp3) is 0.417. The van der Waals surface area contributed by atoms with E-state index in [0.717, 1.165) is 0 Å². The van der Waals surface area contributed by atoms with Gasteiger partial charge in [-0.3, -0.25) is 0 Å². The molecule has 21 heavy (non-hydrogen) atoms. The lowest BCUT2D eigenvalue weighted by atomic mass is 10.2. The fourth-order valence-electron chi connectivity index (χ4n) is 2.19. The minimum Gasteiger partial charge on any atom is -0.229 e. The van der Waals surface area contributed by atoms with E-state index >= 15 is 0 Å². The van der Waals surface area contributed by atoms with Gasteiger partial charge in [0.15, 0.2) is 9.84 Å². The van der Waals surface area contributed by atoms with Crippen LogP contribution in [0.3, 0.4) is 0 Å². The zero-order valence-corrected chi connectivity index (χ0v) is 13.3. The maximum Gasteiger partial charge on any atom is 0.242 e. The lowest BCUT2D eigenvalue weighted by Crippen LogP contribution is -2.43. The van der Waals surface area contributed by atoms with Gasteiger partial charge in [0.2, 0.25) is 10.0 Å². The molecule has 1 saturated heterocycles. The molecule has 1 fully saturated rings. The van der Waals surface area contributed by atoms with Crippen LogP contribution < -0.4 is 4.72 Å². The monoisotopic (exact) mass is 348 g/mol. The summed E-state index contributed by atoms with van der Waals surface area (Å²) in [6.07, 6.45) is 0.892. The van der Waals surface area contributed by atoms with Crippen LogP contribution in [0, 0.1) is 11.3 Å². The van der Waals surface area contributed by atoms with Gasteiger partial charge in [0, 0.05) is 6.04 Å². The molecule has 1 N–H and O–H groups in total. The third kappa shape index (κ3) is 3.95. The quantitative estimate of drug-likeness (QED) is 0.879. The first-order valence-electron chi connectivity index (χ1n) is 6.16. The Morgan fingerprint density at radius 3 is 2.67 bits per heavy atom. The van der Waals surface area contributed by atoms with E-state index in [-0.39, 0.29) is 27.0 Å². The number of sulfone groups is 1. The summed E-state index contributed by atoms with van der Waals surface area (Å²) in [4.78, 5) is -0.161. The van der Waals surface area contributed by atoms with Gasteiger partial charge in [-0.25, -0.2) is 21.6 Å². The molecule has 1 aromatic carbocycles. The van der Waals surface area contributed by atoms with E-state index in [0.29, 0.717) is 12.8 Å². The van der Waals surface area contributed by atoms with Gasteiger partial charge < -0.3 is 0 Å². The SMILES string of the molecule is N#Cc1ccc(S(=O)(=O)NC2CCCS(=O)(=O)C2)c(Cl)c1. The van der Waals surface area contributed by atoms with Gasteiger partial charge in [-0.05, 0) is 31.0 Å². The molecule has 1 aliphatic rings. The summed E-state index contributed by atoms with van der Waals surface area (Å²) in [5.41, 5.74) is 0.249. The highest BCUT2D eigenvalue weighted by Gasteiger charge is 2.29.